The summed E-state index contributed by atoms with van der Waals surface area (Å²) in [5, 5.41) is -0.623. The second kappa shape index (κ2) is 7.06. The van der Waals surface area contributed by atoms with Gasteiger partial charge in [0.25, 0.3) is 5.91 Å². The molecule has 8 heteroatoms. The predicted octanol–water partition coefficient (Wildman–Crippen LogP) is 2.05. The van der Waals surface area contributed by atoms with Crippen LogP contribution in [-0.4, -0.2) is 38.1 Å². The van der Waals surface area contributed by atoms with Gasteiger partial charge >= 0.3 is 0 Å². The van der Waals surface area contributed by atoms with Crippen LogP contribution in [0.3, 0.4) is 0 Å². The van der Waals surface area contributed by atoms with Gasteiger partial charge in [-0.25, -0.2) is 4.39 Å². The Hall–Kier alpha value is -1.82. The Kier molecular flexibility index (Phi) is 5.15. The Morgan fingerprint density at radius 2 is 2.12 bits per heavy atom. The molecule has 2 aromatic rings. The van der Waals surface area contributed by atoms with Crippen molar-refractivity contribution in [2.75, 3.05) is 6.61 Å². The molecule has 0 bridgehead atoms. The van der Waals surface area contributed by atoms with Crippen LogP contribution in [0.15, 0.2) is 34.9 Å². The van der Waals surface area contributed by atoms with Gasteiger partial charge < -0.3 is 9.64 Å². The van der Waals surface area contributed by atoms with Crippen LogP contribution in [0.4, 0.5) is 4.39 Å². The number of pyridine rings is 1. The quantitative estimate of drug-likeness (QED) is 0.701. The van der Waals surface area contributed by atoms with Gasteiger partial charge in [-0.15, -0.1) is 0 Å². The molecule has 0 saturated heterocycles. The molecule has 1 aromatic heterocycles. The first-order valence-corrected chi connectivity index (χ1v) is 9.39. The van der Waals surface area contributed by atoms with Crippen LogP contribution in [0.1, 0.15) is 35.5 Å². The zero-order valence-electron chi connectivity index (χ0n) is 15.3. The van der Waals surface area contributed by atoms with Gasteiger partial charge in [-0.1, -0.05) is 29.8 Å². The maximum Gasteiger partial charge on any atom is 0.255 e. The topological polar surface area (TPSA) is 42.4 Å². The highest BCUT2D eigenvalue weighted by molar-refractivity contribution is 9.10. The average molecular weight is 417 g/mol. The van der Waals surface area contributed by atoms with Crippen LogP contribution in [0.25, 0.3) is 0 Å². The predicted molar refractivity (Wildman–Crippen MR) is 107 cm³/mol. The van der Waals surface area contributed by atoms with Gasteiger partial charge in [0.15, 0.2) is 0 Å². The summed E-state index contributed by atoms with van der Waals surface area (Å²) in [6.07, 6.45) is 1.68. The number of hydrogen-bond acceptors (Lipinski definition) is 3. The van der Waals surface area contributed by atoms with Crippen LogP contribution in [0, 0.1) is 11.7 Å². The molecular formula is C18H20B2BrFN2O2. The van der Waals surface area contributed by atoms with Crippen LogP contribution in [0.2, 0.25) is 0 Å². The van der Waals surface area contributed by atoms with Crippen LogP contribution >= 0.6 is 15.9 Å². The van der Waals surface area contributed by atoms with Gasteiger partial charge in [0.1, 0.15) is 27.3 Å². The molecule has 0 radical (unpaired) electrons. The van der Waals surface area contributed by atoms with Crippen molar-refractivity contribution in [3.05, 3.63) is 57.6 Å². The number of nitrogens with zero attached hydrogens (tertiary/aromatic N) is 2. The maximum atomic E-state index is 14.7. The largest absolute Gasteiger partial charge is 0.493 e. The normalized spacial score (nSPS) is 15.4. The van der Waals surface area contributed by atoms with E-state index in [2.05, 4.69) is 20.9 Å². The SMILES string of the molecule is BC1(B)c2ncccc2C(=O)N1Cc1c(F)cc(Br)cc1OCC(C)C. The molecule has 0 fully saturated rings. The van der Waals surface area contributed by atoms with Gasteiger partial charge in [-0.05, 0) is 30.2 Å². The summed E-state index contributed by atoms with van der Waals surface area (Å²) >= 11 is 3.31. The Bertz CT molecular complexity index is 861. The summed E-state index contributed by atoms with van der Waals surface area (Å²) in [4.78, 5) is 18.9. The first-order valence-electron chi connectivity index (χ1n) is 8.60. The molecule has 0 atom stereocenters. The summed E-state index contributed by atoms with van der Waals surface area (Å²) in [6, 6.07) is 6.66. The summed E-state index contributed by atoms with van der Waals surface area (Å²) in [5.74, 6) is 0.224. The molecule has 0 saturated carbocycles. The fraction of sp³-hybridized carbons (Fsp3) is 0.333. The number of fused-ring (bicyclic) bond motifs is 1. The standard InChI is InChI=1S/C18H20B2BrFN2O2/c1-10(2)9-26-15-7-11(21)6-14(22)13(15)8-24-17(25)12-4-3-5-23-16(12)18(24,19)20/h3-7,10H,8-9,19-20H2,1-2H3. The van der Waals surface area contributed by atoms with Gasteiger partial charge in [0.2, 0.25) is 0 Å². The molecule has 26 heavy (non-hydrogen) atoms. The zero-order valence-corrected chi connectivity index (χ0v) is 16.9. The third-order valence-electron chi connectivity index (χ3n) is 4.55. The fourth-order valence-corrected chi connectivity index (χ4v) is 3.55. The molecule has 1 aliphatic heterocycles. The minimum absolute atomic E-state index is 0.120. The highest BCUT2D eigenvalue weighted by atomic mass is 79.9. The molecule has 1 aliphatic rings. The molecule has 0 aliphatic carbocycles. The highest BCUT2D eigenvalue weighted by Crippen LogP contribution is 2.37. The number of rotatable bonds is 5. The van der Waals surface area contributed by atoms with E-state index in [0.29, 0.717) is 39.6 Å². The molecule has 3 rings (SSSR count). The Labute approximate surface area is 163 Å². The maximum absolute atomic E-state index is 14.7. The minimum Gasteiger partial charge on any atom is -0.493 e. The molecule has 4 nitrogen and oxygen atoms in total. The number of hydrogen-bond donors (Lipinski definition) is 0. The van der Waals surface area contributed by atoms with E-state index in [1.165, 1.54) is 6.07 Å². The van der Waals surface area contributed by atoms with Gasteiger partial charge in [0.05, 0.1) is 24.4 Å². The van der Waals surface area contributed by atoms with E-state index < -0.39 is 11.2 Å². The molecule has 0 N–H and O–H groups in total. The highest BCUT2D eigenvalue weighted by Gasteiger charge is 2.44. The number of aromatic nitrogens is 1. The van der Waals surface area contributed by atoms with Gasteiger partial charge in [0, 0.05) is 21.6 Å². The molecule has 1 aromatic carbocycles. The second-order valence-corrected chi connectivity index (χ2v) is 8.33. The summed E-state index contributed by atoms with van der Waals surface area (Å²) in [7, 11) is 3.85. The van der Waals surface area contributed by atoms with Crippen molar-refractivity contribution in [1.29, 1.82) is 0 Å². The van der Waals surface area contributed by atoms with Crippen molar-refractivity contribution < 1.29 is 13.9 Å². The van der Waals surface area contributed by atoms with E-state index in [9.17, 15) is 9.18 Å². The van der Waals surface area contributed by atoms with Crippen molar-refractivity contribution in [3.8, 4) is 5.75 Å². The number of halogens is 2. The Morgan fingerprint density at radius 3 is 2.77 bits per heavy atom. The minimum atomic E-state index is -0.623. The lowest BCUT2D eigenvalue weighted by molar-refractivity contribution is 0.0727. The summed E-state index contributed by atoms with van der Waals surface area (Å²) < 4.78 is 21.2. The van der Waals surface area contributed by atoms with Gasteiger partial charge in [-0.3, -0.25) is 9.78 Å². The number of amides is 1. The third-order valence-corrected chi connectivity index (χ3v) is 5.00. The van der Waals surface area contributed by atoms with Crippen molar-refractivity contribution in [1.82, 2.24) is 9.88 Å². The molecule has 134 valence electrons. The monoisotopic (exact) mass is 416 g/mol. The molecule has 0 spiro atoms. The lowest BCUT2D eigenvalue weighted by atomic mass is 9.59. The van der Waals surface area contributed by atoms with Crippen LogP contribution in [-0.2, 0) is 11.9 Å². The van der Waals surface area contributed by atoms with Gasteiger partial charge in [-0.2, -0.15) is 0 Å². The number of carbonyl (C=O) groups excluding carboxylic acids is 1. The van der Waals surface area contributed by atoms with E-state index in [1.807, 2.05) is 29.5 Å². The van der Waals surface area contributed by atoms with Crippen molar-refractivity contribution in [3.63, 3.8) is 0 Å². The van der Waals surface area contributed by atoms with E-state index >= 15 is 0 Å². The summed E-state index contributed by atoms with van der Waals surface area (Å²) in [6.45, 7) is 4.66. The van der Waals surface area contributed by atoms with E-state index in [-0.39, 0.29) is 12.5 Å². The smallest absolute Gasteiger partial charge is 0.255 e. The first kappa shape index (κ1) is 19.0. The van der Waals surface area contributed by atoms with E-state index in [4.69, 9.17) is 4.74 Å². The summed E-state index contributed by atoms with van der Waals surface area (Å²) in [5.41, 5.74) is 1.66. The van der Waals surface area contributed by atoms with Crippen molar-refractivity contribution in [2.45, 2.75) is 25.7 Å². The molecular weight excluding hydrogens is 397 g/mol. The Morgan fingerprint density at radius 1 is 1.38 bits per heavy atom. The van der Waals surface area contributed by atoms with E-state index in [0.717, 1.165) is 0 Å². The third kappa shape index (κ3) is 3.39. The number of benzene rings is 1. The average Bonchev–Trinajstić information content (AvgIpc) is 2.76. The first-order chi connectivity index (χ1) is 12.2. The lowest BCUT2D eigenvalue weighted by Crippen LogP contribution is -2.44. The van der Waals surface area contributed by atoms with Crippen LogP contribution in [0.5, 0.6) is 5.75 Å². The zero-order chi connectivity index (χ0) is 19.1. The van der Waals surface area contributed by atoms with Crippen LogP contribution < -0.4 is 4.74 Å². The molecule has 1 amide bonds. The van der Waals surface area contributed by atoms with Crippen molar-refractivity contribution >= 4 is 37.5 Å². The Balaban J connectivity index is 1.98. The fourth-order valence-electron chi connectivity index (χ4n) is 3.14. The molecule has 0 unspecified atom stereocenters. The second-order valence-electron chi connectivity index (χ2n) is 7.42. The number of carbonyl (C=O) groups is 1. The number of ether oxygens (including phenoxy) is 1. The van der Waals surface area contributed by atoms with Crippen molar-refractivity contribution in [2.24, 2.45) is 5.92 Å². The molecule has 2 heterocycles. The van der Waals surface area contributed by atoms with E-state index in [1.54, 1.807) is 29.3 Å². The lowest BCUT2D eigenvalue weighted by Gasteiger charge is -2.33.